The number of hydrogen-bond acceptors (Lipinski definition) is 4. The number of hydrazine groups is 1. The summed E-state index contributed by atoms with van der Waals surface area (Å²) in [5.74, 6) is 5.16. The highest BCUT2D eigenvalue weighted by Crippen LogP contribution is 2.25. The highest BCUT2D eigenvalue weighted by Gasteiger charge is 2.10. The van der Waals surface area contributed by atoms with Crippen LogP contribution in [0.2, 0.25) is 15.2 Å². The molecule has 0 aliphatic carbocycles. The van der Waals surface area contributed by atoms with Crippen molar-refractivity contribution in [2.45, 2.75) is 0 Å². The molecule has 1 aromatic carbocycles. The van der Waals surface area contributed by atoms with Gasteiger partial charge in [0.2, 0.25) is 0 Å². The largest absolute Gasteiger partial charge is 0.322 e. The lowest BCUT2D eigenvalue weighted by Gasteiger charge is -2.08. The number of nitrogen functional groups attached to an aromatic ring is 1. The van der Waals surface area contributed by atoms with Crippen LogP contribution in [0.5, 0.6) is 0 Å². The molecule has 0 bridgehead atoms. The van der Waals surface area contributed by atoms with E-state index in [2.05, 4.69) is 15.7 Å². The van der Waals surface area contributed by atoms with E-state index >= 15 is 0 Å². The number of carbonyl (C=O) groups excluding carboxylic acids is 1. The maximum Gasteiger partial charge on any atom is 0.255 e. The summed E-state index contributed by atoms with van der Waals surface area (Å²) in [4.78, 5) is 16.0. The van der Waals surface area contributed by atoms with E-state index in [1.807, 2.05) is 0 Å². The van der Waals surface area contributed by atoms with Crippen LogP contribution in [0.1, 0.15) is 10.4 Å². The molecule has 0 unspecified atom stereocenters. The average molecular weight is 332 g/mol. The number of rotatable bonds is 3. The molecule has 8 heteroatoms. The van der Waals surface area contributed by atoms with E-state index < -0.39 is 0 Å². The highest BCUT2D eigenvalue weighted by molar-refractivity contribution is 6.42. The molecule has 0 spiro atoms. The first-order valence-corrected chi connectivity index (χ1v) is 6.53. The van der Waals surface area contributed by atoms with Gasteiger partial charge in [0.25, 0.3) is 5.91 Å². The molecular weight excluding hydrogens is 323 g/mol. The van der Waals surface area contributed by atoms with Crippen LogP contribution in [-0.2, 0) is 0 Å². The molecule has 0 saturated carbocycles. The summed E-state index contributed by atoms with van der Waals surface area (Å²) in [6, 6.07) is 7.67. The van der Waals surface area contributed by atoms with Crippen molar-refractivity contribution in [2.75, 3.05) is 10.7 Å². The maximum atomic E-state index is 12.1. The number of nitrogens with one attached hydrogen (secondary N) is 2. The van der Waals surface area contributed by atoms with Gasteiger partial charge in [-0.1, -0.05) is 34.8 Å². The van der Waals surface area contributed by atoms with Gasteiger partial charge in [-0.3, -0.25) is 4.79 Å². The van der Waals surface area contributed by atoms with Crippen molar-refractivity contribution >= 4 is 52.2 Å². The predicted octanol–water partition coefficient (Wildman–Crippen LogP) is 3.58. The number of benzene rings is 1. The molecule has 1 amide bonds. The number of pyridine rings is 1. The maximum absolute atomic E-state index is 12.1. The molecular formula is C12H9Cl3N4O. The molecule has 1 aromatic heterocycles. The molecule has 0 saturated heterocycles. The summed E-state index contributed by atoms with van der Waals surface area (Å²) < 4.78 is 0. The van der Waals surface area contributed by atoms with Crippen LogP contribution in [0.25, 0.3) is 0 Å². The number of hydrogen-bond donors (Lipinski definition) is 3. The van der Waals surface area contributed by atoms with E-state index in [1.165, 1.54) is 12.1 Å². The van der Waals surface area contributed by atoms with E-state index in [4.69, 9.17) is 40.6 Å². The lowest BCUT2D eigenvalue weighted by atomic mass is 10.2. The third-order valence-corrected chi connectivity index (χ3v) is 3.31. The molecule has 2 aromatic rings. The van der Waals surface area contributed by atoms with Crippen LogP contribution >= 0.6 is 34.8 Å². The van der Waals surface area contributed by atoms with Crippen molar-refractivity contribution in [1.29, 1.82) is 0 Å². The SMILES string of the molecule is NNc1cc(C(=O)Nc2ccc(Cl)c(Cl)c2)cc(Cl)n1. The molecule has 4 N–H and O–H groups in total. The number of halogens is 3. The summed E-state index contributed by atoms with van der Waals surface area (Å²) in [6.07, 6.45) is 0. The van der Waals surface area contributed by atoms with Gasteiger partial charge in [-0.05, 0) is 30.3 Å². The van der Waals surface area contributed by atoms with E-state index in [0.717, 1.165) is 0 Å². The number of aromatic nitrogens is 1. The van der Waals surface area contributed by atoms with Crippen LogP contribution in [0.4, 0.5) is 11.5 Å². The number of nitrogens with zero attached hydrogens (tertiary/aromatic N) is 1. The number of carbonyl (C=O) groups is 1. The molecule has 0 aliphatic heterocycles. The van der Waals surface area contributed by atoms with Crippen molar-refractivity contribution in [3.05, 3.63) is 51.1 Å². The minimum absolute atomic E-state index is 0.153. The Morgan fingerprint density at radius 2 is 1.85 bits per heavy atom. The van der Waals surface area contributed by atoms with Crippen molar-refractivity contribution in [1.82, 2.24) is 4.98 Å². The summed E-state index contributed by atoms with van der Waals surface area (Å²) in [5.41, 5.74) is 3.15. The molecule has 0 radical (unpaired) electrons. The fourth-order valence-corrected chi connectivity index (χ4v) is 1.99. The first-order valence-electron chi connectivity index (χ1n) is 5.40. The molecule has 20 heavy (non-hydrogen) atoms. The zero-order chi connectivity index (χ0) is 14.7. The Morgan fingerprint density at radius 3 is 2.50 bits per heavy atom. The molecule has 0 atom stereocenters. The fraction of sp³-hybridized carbons (Fsp3) is 0. The lowest BCUT2D eigenvalue weighted by Crippen LogP contribution is -2.14. The van der Waals surface area contributed by atoms with Gasteiger partial charge in [-0.2, -0.15) is 0 Å². The second-order valence-corrected chi connectivity index (χ2v) is 4.99. The molecule has 0 aliphatic rings. The van der Waals surface area contributed by atoms with Gasteiger partial charge in [0.15, 0.2) is 0 Å². The smallest absolute Gasteiger partial charge is 0.255 e. The van der Waals surface area contributed by atoms with Gasteiger partial charge >= 0.3 is 0 Å². The molecule has 104 valence electrons. The average Bonchev–Trinajstić information content (AvgIpc) is 2.42. The Kier molecular flexibility index (Phi) is 4.67. The Hall–Kier alpha value is -1.53. The van der Waals surface area contributed by atoms with E-state index in [1.54, 1.807) is 18.2 Å². The Balaban J connectivity index is 2.23. The topological polar surface area (TPSA) is 80.0 Å². The molecule has 0 fully saturated rings. The summed E-state index contributed by atoms with van der Waals surface area (Å²) >= 11 is 17.5. The lowest BCUT2D eigenvalue weighted by molar-refractivity contribution is 0.102. The van der Waals surface area contributed by atoms with Gasteiger partial charge in [-0.15, -0.1) is 0 Å². The number of amides is 1. The van der Waals surface area contributed by atoms with Crippen LogP contribution in [0, 0.1) is 0 Å². The number of nitrogens with two attached hydrogens (primary N) is 1. The van der Waals surface area contributed by atoms with Crippen LogP contribution < -0.4 is 16.6 Å². The highest BCUT2D eigenvalue weighted by atomic mass is 35.5. The number of anilines is 2. The van der Waals surface area contributed by atoms with Gasteiger partial charge < -0.3 is 10.7 Å². The first-order chi connectivity index (χ1) is 9.49. The van der Waals surface area contributed by atoms with Gasteiger partial charge in [0, 0.05) is 11.3 Å². The summed E-state index contributed by atoms with van der Waals surface area (Å²) in [5, 5.41) is 3.58. The monoisotopic (exact) mass is 330 g/mol. The van der Waals surface area contributed by atoms with Crippen LogP contribution in [0.3, 0.4) is 0 Å². The van der Waals surface area contributed by atoms with Crippen molar-refractivity contribution in [3.63, 3.8) is 0 Å². The minimum Gasteiger partial charge on any atom is -0.322 e. The third-order valence-electron chi connectivity index (χ3n) is 2.38. The second kappa shape index (κ2) is 6.28. The Labute approximate surface area is 130 Å². The Bertz CT molecular complexity index is 663. The van der Waals surface area contributed by atoms with Crippen molar-refractivity contribution < 1.29 is 4.79 Å². The van der Waals surface area contributed by atoms with Crippen LogP contribution in [-0.4, -0.2) is 10.9 Å². The van der Waals surface area contributed by atoms with Gasteiger partial charge in [-0.25, -0.2) is 10.8 Å². The Morgan fingerprint density at radius 1 is 1.10 bits per heavy atom. The zero-order valence-electron chi connectivity index (χ0n) is 9.95. The predicted molar refractivity (Wildman–Crippen MR) is 81.5 cm³/mol. The molecule has 1 heterocycles. The molecule has 2 rings (SSSR count). The van der Waals surface area contributed by atoms with Crippen LogP contribution in [0.15, 0.2) is 30.3 Å². The molecule has 5 nitrogen and oxygen atoms in total. The standard InChI is InChI=1S/C12H9Cl3N4O/c13-8-2-1-7(5-9(8)14)17-12(20)6-3-10(15)18-11(4-6)19-16/h1-5H,16H2,(H,17,20)(H,18,19). The van der Waals surface area contributed by atoms with E-state index in [0.29, 0.717) is 21.3 Å². The van der Waals surface area contributed by atoms with Crippen molar-refractivity contribution in [2.24, 2.45) is 5.84 Å². The zero-order valence-corrected chi connectivity index (χ0v) is 12.2. The fourth-order valence-electron chi connectivity index (χ4n) is 1.48. The van der Waals surface area contributed by atoms with Gasteiger partial charge in [0.05, 0.1) is 10.0 Å². The summed E-state index contributed by atoms with van der Waals surface area (Å²) in [7, 11) is 0. The quantitative estimate of drug-likeness (QED) is 0.456. The first kappa shape index (κ1) is 14.9. The van der Waals surface area contributed by atoms with E-state index in [-0.39, 0.29) is 16.9 Å². The van der Waals surface area contributed by atoms with E-state index in [9.17, 15) is 4.79 Å². The minimum atomic E-state index is -0.371. The third kappa shape index (κ3) is 3.52. The summed E-state index contributed by atoms with van der Waals surface area (Å²) in [6.45, 7) is 0. The normalized spacial score (nSPS) is 10.2. The van der Waals surface area contributed by atoms with Gasteiger partial charge in [0.1, 0.15) is 11.0 Å². The van der Waals surface area contributed by atoms with Crippen molar-refractivity contribution in [3.8, 4) is 0 Å². The second-order valence-electron chi connectivity index (χ2n) is 3.79.